The SMILES string of the molecule is OCCC(c1ccccc1)C(O)(c1ccccc1)c1ccc(OCc2ccccc2)cc1. The lowest BCUT2D eigenvalue weighted by Gasteiger charge is -2.38. The number of hydrogen-bond acceptors (Lipinski definition) is 3. The molecule has 162 valence electrons. The Kier molecular flexibility index (Phi) is 7.00. The van der Waals surface area contributed by atoms with Gasteiger partial charge in [-0.05, 0) is 40.8 Å². The molecule has 0 radical (unpaired) electrons. The van der Waals surface area contributed by atoms with E-state index in [1.165, 1.54) is 0 Å². The lowest BCUT2D eigenvalue weighted by atomic mass is 9.71. The number of ether oxygens (including phenoxy) is 1. The summed E-state index contributed by atoms with van der Waals surface area (Å²) in [6.07, 6.45) is 0.432. The second-order valence-corrected chi connectivity index (χ2v) is 7.91. The van der Waals surface area contributed by atoms with Crippen LogP contribution in [0.5, 0.6) is 5.75 Å². The summed E-state index contributed by atoms with van der Waals surface area (Å²) in [4.78, 5) is 0. The maximum absolute atomic E-state index is 12.2. The van der Waals surface area contributed by atoms with Crippen molar-refractivity contribution in [2.75, 3.05) is 6.61 Å². The van der Waals surface area contributed by atoms with Gasteiger partial charge in [-0.2, -0.15) is 0 Å². The first-order valence-electron chi connectivity index (χ1n) is 10.9. The van der Waals surface area contributed by atoms with E-state index in [1.807, 2.05) is 115 Å². The van der Waals surface area contributed by atoms with Crippen molar-refractivity contribution in [1.29, 1.82) is 0 Å². The summed E-state index contributed by atoms with van der Waals surface area (Å²) < 4.78 is 5.94. The summed E-state index contributed by atoms with van der Waals surface area (Å²) in [5.41, 5.74) is 2.34. The van der Waals surface area contributed by atoms with Crippen molar-refractivity contribution in [3.63, 3.8) is 0 Å². The maximum atomic E-state index is 12.2. The fraction of sp³-hybridized carbons (Fsp3) is 0.172. The molecule has 0 heterocycles. The van der Waals surface area contributed by atoms with Crippen LogP contribution in [0.2, 0.25) is 0 Å². The lowest BCUT2D eigenvalue weighted by Crippen LogP contribution is -2.35. The van der Waals surface area contributed by atoms with Crippen LogP contribution >= 0.6 is 0 Å². The first-order chi connectivity index (χ1) is 15.7. The molecule has 0 saturated heterocycles. The van der Waals surface area contributed by atoms with Gasteiger partial charge in [0.15, 0.2) is 0 Å². The van der Waals surface area contributed by atoms with Gasteiger partial charge in [-0.3, -0.25) is 0 Å². The van der Waals surface area contributed by atoms with Crippen molar-refractivity contribution in [3.05, 3.63) is 138 Å². The monoisotopic (exact) mass is 424 g/mol. The average Bonchev–Trinajstić information content (AvgIpc) is 2.87. The van der Waals surface area contributed by atoms with Gasteiger partial charge in [-0.1, -0.05) is 103 Å². The molecule has 4 rings (SSSR count). The average molecular weight is 425 g/mol. The lowest BCUT2D eigenvalue weighted by molar-refractivity contribution is 0.0392. The van der Waals surface area contributed by atoms with Crippen LogP contribution in [0.25, 0.3) is 0 Å². The van der Waals surface area contributed by atoms with E-state index in [9.17, 15) is 10.2 Å². The van der Waals surface area contributed by atoms with Gasteiger partial charge < -0.3 is 14.9 Å². The zero-order valence-electron chi connectivity index (χ0n) is 18.0. The molecule has 0 bridgehead atoms. The van der Waals surface area contributed by atoms with E-state index in [0.717, 1.165) is 28.0 Å². The highest BCUT2D eigenvalue weighted by Gasteiger charge is 2.40. The third kappa shape index (κ3) is 4.75. The van der Waals surface area contributed by atoms with Crippen LogP contribution in [0, 0.1) is 0 Å². The van der Waals surface area contributed by atoms with Crippen molar-refractivity contribution in [2.24, 2.45) is 0 Å². The van der Waals surface area contributed by atoms with Gasteiger partial charge in [0.2, 0.25) is 0 Å². The van der Waals surface area contributed by atoms with Crippen molar-refractivity contribution in [1.82, 2.24) is 0 Å². The van der Waals surface area contributed by atoms with Gasteiger partial charge in [-0.25, -0.2) is 0 Å². The van der Waals surface area contributed by atoms with Gasteiger partial charge in [0, 0.05) is 12.5 Å². The smallest absolute Gasteiger partial charge is 0.121 e. The Labute approximate surface area is 189 Å². The molecule has 0 fully saturated rings. The van der Waals surface area contributed by atoms with Crippen molar-refractivity contribution < 1.29 is 14.9 Å². The van der Waals surface area contributed by atoms with Crippen LogP contribution in [0.4, 0.5) is 0 Å². The summed E-state index contributed by atoms with van der Waals surface area (Å²) in [6.45, 7) is 0.466. The highest BCUT2D eigenvalue weighted by Crippen LogP contribution is 2.44. The van der Waals surface area contributed by atoms with Crippen LogP contribution < -0.4 is 4.74 Å². The van der Waals surface area contributed by atoms with E-state index in [-0.39, 0.29) is 12.5 Å². The maximum Gasteiger partial charge on any atom is 0.121 e. The van der Waals surface area contributed by atoms with Crippen molar-refractivity contribution in [2.45, 2.75) is 24.5 Å². The summed E-state index contributed by atoms with van der Waals surface area (Å²) in [7, 11) is 0. The number of hydrogen-bond donors (Lipinski definition) is 2. The Morgan fingerprint density at radius 2 is 1.19 bits per heavy atom. The summed E-state index contributed by atoms with van der Waals surface area (Å²) in [5.74, 6) is 0.429. The molecule has 3 heteroatoms. The standard InChI is InChI=1S/C29H28O3/c30-21-20-28(24-12-6-2-7-13-24)29(31,25-14-8-3-9-15-25)26-16-18-27(19-17-26)32-22-23-10-4-1-5-11-23/h1-19,28,30-31H,20-22H2. The summed E-state index contributed by atoms with van der Waals surface area (Å²) in [5, 5.41) is 22.1. The molecule has 3 nitrogen and oxygen atoms in total. The predicted molar refractivity (Wildman–Crippen MR) is 128 cm³/mol. The topological polar surface area (TPSA) is 49.7 Å². The van der Waals surface area contributed by atoms with Crippen molar-refractivity contribution >= 4 is 0 Å². The molecule has 4 aromatic rings. The normalized spacial score (nSPS) is 13.8. The Bertz CT molecular complexity index is 1080. The minimum absolute atomic E-state index is 0.0209. The van der Waals surface area contributed by atoms with Gasteiger partial charge >= 0.3 is 0 Å². The van der Waals surface area contributed by atoms with Crippen LogP contribution in [0.3, 0.4) is 0 Å². The zero-order chi connectivity index (χ0) is 22.2. The third-order valence-electron chi connectivity index (χ3n) is 5.88. The van der Waals surface area contributed by atoms with E-state index >= 15 is 0 Å². The first kappa shape index (κ1) is 21.8. The third-order valence-corrected chi connectivity index (χ3v) is 5.88. The quantitative estimate of drug-likeness (QED) is 0.364. The summed E-state index contributed by atoms with van der Waals surface area (Å²) >= 11 is 0. The molecule has 2 unspecified atom stereocenters. The molecule has 0 aromatic heterocycles. The highest BCUT2D eigenvalue weighted by molar-refractivity contribution is 5.43. The van der Waals surface area contributed by atoms with Gasteiger partial charge in [-0.15, -0.1) is 0 Å². The molecule has 0 aliphatic carbocycles. The second kappa shape index (κ2) is 10.3. The molecule has 0 amide bonds. The Morgan fingerprint density at radius 1 is 0.656 bits per heavy atom. The fourth-order valence-electron chi connectivity index (χ4n) is 4.24. The molecule has 0 saturated carbocycles. The molecule has 0 aliphatic heterocycles. The predicted octanol–water partition coefficient (Wildman–Crippen LogP) is 5.67. The van der Waals surface area contributed by atoms with Crippen LogP contribution in [-0.4, -0.2) is 16.8 Å². The Morgan fingerprint density at radius 3 is 1.78 bits per heavy atom. The Balaban J connectivity index is 1.69. The minimum atomic E-state index is -1.30. The Hall–Kier alpha value is -3.40. The number of aliphatic hydroxyl groups is 2. The van der Waals surface area contributed by atoms with E-state index in [1.54, 1.807) is 0 Å². The molecule has 0 spiro atoms. The van der Waals surface area contributed by atoms with E-state index < -0.39 is 5.60 Å². The van der Waals surface area contributed by atoms with Gasteiger partial charge in [0.25, 0.3) is 0 Å². The number of rotatable bonds is 9. The zero-order valence-corrected chi connectivity index (χ0v) is 18.0. The minimum Gasteiger partial charge on any atom is -0.489 e. The molecular weight excluding hydrogens is 396 g/mol. The summed E-state index contributed by atoms with van der Waals surface area (Å²) in [6, 6.07) is 37.2. The molecule has 32 heavy (non-hydrogen) atoms. The van der Waals surface area contributed by atoms with E-state index in [2.05, 4.69) is 0 Å². The molecule has 4 aromatic carbocycles. The molecule has 2 atom stereocenters. The van der Waals surface area contributed by atoms with Crippen LogP contribution in [0.15, 0.2) is 115 Å². The fourth-order valence-corrected chi connectivity index (χ4v) is 4.24. The van der Waals surface area contributed by atoms with E-state index in [0.29, 0.717) is 13.0 Å². The van der Waals surface area contributed by atoms with Crippen LogP contribution in [-0.2, 0) is 12.2 Å². The number of benzene rings is 4. The molecule has 2 N–H and O–H groups in total. The number of aliphatic hydroxyl groups excluding tert-OH is 1. The highest BCUT2D eigenvalue weighted by atomic mass is 16.5. The van der Waals surface area contributed by atoms with Crippen LogP contribution in [0.1, 0.15) is 34.6 Å². The van der Waals surface area contributed by atoms with Crippen molar-refractivity contribution in [3.8, 4) is 5.75 Å². The molecular formula is C29H28O3. The van der Waals surface area contributed by atoms with Gasteiger partial charge in [0.05, 0.1) is 0 Å². The second-order valence-electron chi connectivity index (χ2n) is 7.91. The first-order valence-corrected chi connectivity index (χ1v) is 10.9. The largest absolute Gasteiger partial charge is 0.489 e. The van der Waals surface area contributed by atoms with E-state index in [4.69, 9.17) is 4.74 Å². The van der Waals surface area contributed by atoms with Gasteiger partial charge in [0.1, 0.15) is 18.0 Å². The molecule has 0 aliphatic rings.